The minimum absolute atomic E-state index is 0.0191. The van der Waals surface area contributed by atoms with Crippen molar-refractivity contribution in [3.63, 3.8) is 0 Å². The second-order valence-corrected chi connectivity index (χ2v) is 17.8. The van der Waals surface area contributed by atoms with Gasteiger partial charge in [0, 0.05) is 58.3 Å². The van der Waals surface area contributed by atoms with Crippen LogP contribution in [-0.4, -0.2) is 113 Å². The minimum atomic E-state index is -1.09. The largest absolute Gasteiger partial charge is 0.490 e. The van der Waals surface area contributed by atoms with Gasteiger partial charge in [0.2, 0.25) is 17.5 Å². The Morgan fingerprint density at radius 1 is 0.918 bits per heavy atom. The van der Waals surface area contributed by atoms with E-state index in [1.807, 2.05) is 4.90 Å². The van der Waals surface area contributed by atoms with Gasteiger partial charge in [-0.3, -0.25) is 34.2 Å². The molecule has 1 saturated carbocycles. The van der Waals surface area contributed by atoms with Gasteiger partial charge in [-0.2, -0.15) is 0 Å². The maximum atomic E-state index is 15.5. The summed E-state index contributed by atoms with van der Waals surface area (Å²) >= 11 is 6.16. The molecule has 1 spiro atoms. The van der Waals surface area contributed by atoms with Crippen molar-refractivity contribution < 1.29 is 33.1 Å². The molecule has 61 heavy (non-hydrogen) atoms. The molecule has 5 amide bonds. The highest BCUT2D eigenvalue weighted by Gasteiger charge is 2.47. The number of fused-ring (bicyclic) bond motifs is 1. The second-order valence-electron chi connectivity index (χ2n) is 17.4. The monoisotopic (exact) mass is 851 g/mol. The molecular formula is C44H47ClFN9O6. The summed E-state index contributed by atoms with van der Waals surface area (Å²) in [6.45, 7) is 13.2. The van der Waals surface area contributed by atoms with Crippen molar-refractivity contribution in [1.29, 1.82) is 0 Å². The maximum absolute atomic E-state index is 15.5. The first-order chi connectivity index (χ1) is 29.5. The molecule has 5 aliphatic heterocycles. The van der Waals surface area contributed by atoms with Gasteiger partial charge in [0.05, 0.1) is 46.9 Å². The van der Waals surface area contributed by atoms with Gasteiger partial charge in [-0.1, -0.05) is 17.7 Å². The fourth-order valence-electron chi connectivity index (χ4n) is 10.0. The number of nitrogens with zero attached hydrogens (tertiary/aromatic N) is 7. The van der Waals surface area contributed by atoms with Crippen molar-refractivity contribution >= 4 is 58.3 Å². The van der Waals surface area contributed by atoms with Gasteiger partial charge in [0.15, 0.2) is 0 Å². The zero-order valence-electron chi connectivity index (χ0n) is 33.7. The number of carbonyl (C=O) groups excluding carboxylic acids is 5. The molecule has 0 bridgehead atoms. The molecule has 2 aromatic carbocycles. The number of piperidine rings is 3. The summed E-state index contributed by atoms with van der Waals surface area (Å²) in [7, 11) is 0. The highest BCUT2D eigenvalue weighted by molar-refractivity contribution is 6.33. The number of anilines is 2. The van der Waals surface area contributed by atoms with Crippen LogP contribution in [0.25, 0.3) is 4.85 Å². The number of hydrogen-bond donors (Lipinski definition) is 2. The molecule has 9 rings (SSSR count). The molecule has 5 fully saturated rings. The van der Waals surface area contributed by atoms with Crippen molar-refractivity contribution in [3.8, 4) is 5.75 Å². The van der Waals surface area contributed by atoms with Crippen LogP contribution < -0.4 is 25.2 Å². The number of halogens is 2. The van der Waals surface area contributed by atoms with Gasteiger partial charge in [-0.15, -0.1) is 0 Å². The molecule has 6 heterocycles. The van der Waals surface area contributed by atoms with Crippen LogP contribution in [0.1, 0.15) is 95.4 Å². The Bertz CT molecular complexity index is 2290. The Morgan fingerprint density at radius 3 is 2.30 bits per heavy atom. The lowest BCUT2D eigenvalue weighted by Crippen LogP contribution is -2.61. The van der Waals surface area contributed by atoms with Crippen LogP contribution in [0.15, 0.2) is 42.7 Å². The molecule has 6 aliphatic rings. The van der Waals surface area contributed by atoms with Gasteiger partial charge in [0.25, 0.3) is 17.7 Å². The fraction of sp³-hybridized carbons (Fsp3) is 0.500. The zero-order chi connectivity index (χ0) is 42.4. The van der Waals surface area contributed by atoms with E-state index < -0.39 is 35.5 Å². The van der Waals surface area contributed by atoms with E-state index in [1.165, 1.54) is 6.07 Å². The molecule has 0 radical (unpaired) electrons. The average Bonchev–Trinajstić information content (AvgIpc) is 3.48. The molecule has 4 saturated heterocycles. The molecule has 2 N–H and O–H groups in total. The molecule has 1 aliphatic carbocycles. The summed E-state index contributed by atoms with van der Waals surface area (Å²) in [6, 6.07) is 6.59. The Labute approximate surface area is 357 Å². The number of ether oxygens (including phenoxy) is 1. The predicted molar refractivity (Wildman–Crippen MR) is 222 cm³/mol. The van der Waals surface area contributed by atoms with Crippen LogP contribution in [0.3, 0.4) is 0 Å². The van der Waals surface area contributed by atoms with E-state index in [0.717, 1.165) is 101 Å². The highest BCUT2D eigenvalue weighted by Crippen LogP contribution is 2.42. The molecule has 1 unspecified atom stereocenters. The molecule has 3 aromatic rings. The van der Waals surface area contributed by atoms with Crippen molar-refractivity contribution in [3.05, 3.63) is 81.8 Å². The van der Waals surface area contributed by atoms with Crippen molar-refractivity contribution in [2.45, 2.75) is 82.4 Å². The number of amides is 5. The van der Waals surface area contributed by atoms with Crippen LogP contribution in [0.5, 0.6) is 5.75 Å². The number of nitrogens with one attached hydrogen (secondary N) is 2. The van der Waals surface area contributed by atoms with Gasteiger partial charge in [-0.05, 0) is 93.4 Å². The summed E-state index contributed by atoms with van der Waals surface area (Å²) in [5, 5.41) is 5.67. The van der Waals surface area contributed by atoms with Gasteiger partial charge < -0.3 is 24.8 Å². The van der Waals surface area contributed by atoms with Crippen LogP contribution >= 0.6 is 11.6 Å². The van der Waals surface area contributed by atoms with E-state index in [2.05, 4.69) is 35.2 Å². The Morgan fingerprint density at radius 2 is 1.64 bits per heavy atom. The number of likely N-dealkylation sites (tertiary alicyclic amines) is 1. The van der Waals surface area contributed by atoms with Crippen LogP contribution in [0.2, 0.25) is 5.02 Å². The standard InChI is InChI=1S/C44H47ClFN9O6/c1-47-34-7-6-29(18-32(34)45)61-28-4-2-27(3-5-28)50-40(57)35-21-49-38(22-48-35)54-16-12-44(13-17-54)24-52(25-44)23-26-10-14-53(15-11-26)37-20-31-30(19-33(37)46)42(59)55(43(31)60)36-8-9-39(56)51-41(36)58/h6-7,18-22,26-28,36H,2-5,8-17,23-25H2,(H,50,57)(H,51,56,58). The van der Waals surface area contributed by atoms with Gasteiger partial charge in [-0.25, -0.2) is 19.2 Å². The summed E-state index contributed by atoms with van der Waals surface area (Å²) < 4.78 is 21.5. The SMILES string of the molecule is [C-]#[N+]c1ccc(OC2CCC(NC(=O)c3cnc(N4CCC5(CC4)CN(CC4CCN(c6cc7c(cc6F)C(=O)N(C6CCC(=O)NC6=O)C7=O)CC4)C5)cn3)CC2)cc1Cl. The first-order valence-corrected chi connectivity index (χ1v) is 21.6. The molecule has 1 atom stereocenters. The molecule has 318 valence electrons. The van der Waals surface area contributed by atoms with Crippen molar-refractivity contribution in [1.82, 2.24) is 30.4 Å². The number of carbonyl (C=O) groups is 5. The van der Waals surface area contributed by atoms with E-state index in [4.69, 9.17) is 22.9 Å². The number of rotatable bonds is 9. The quantitative estimate of drug-likeness (QED) is 0.216. The predicted octanol–water partition coefficient (Wildman–Crippen LogP) is 5.16. The molecular weight excluding hydrogens is 805 g/mol. The van der Waals surface area contributed by atoms with Gasteiger partial charge in [0.1, 0.15) is 29.1 Å². The molecule has 1 aromatic heterocycles. The third-order valence-electron chi connectivity index (χ3n) is 13.5. The van der Waals surface area contributed by atoms with Crippen LogP contribution in [0.4, 0.5) is 21.6 Å². The summed E-state index contributed by atoms with van der Waals surface area (Å²) in [5.74, 6) is -1.41. The third-order valence-corrected chi connectivity index (χ3v) is 13.8. The fourth-order valence-corrected chi connectivity index (χ4v) is 10.2. The van der Waals surface area contributed by atoms with E-state index in [1.54, 1.807) is 30.6 Å². The topological polar surface area (TPSA) is 162 Å². The second kappa shape index (κ2) is 16.7. The Hall–Kier alpha value is -5.66. The van der Waals surface area contributed by atoms with Crippen molar-refractivity contribution in [2.75, 3.05) is 55.6 Å². The number of hydrogen-bond acceptors (Lipinski definition) is 11. The zero-order valence-corrected chi connectivity index (χ0v) is 34.5. The lowest BCUT2D eigenvalue weighted by Gasteiger charge is -2.55. The van der Waals surface area contributed by atoms with Crippen LogP contribution in [-0.2, 0) is 9.59 Å². The first kappa shape index (κ1) is 40.7. The lowest BCUT2D eigenvalue weighted by atomic mass is 9.71. The molecule has 15 nitrogen and oxygen atoms in total. The summed E-state index contributed by atoms with van der Waals surface area (Å²) in [6.07, 6.45) is 10.4. The number of aromatic nitrogens is 2. The van der Waals surface area contributed by atoms with E-state index in [0.29, 0.717) is 41.2 Å². The number of imide groups is 2. The van der Waals surface area contributed by atoms with E-state index in [9.17, 15) is 24.0 Å². The first-order valence-electron chi connectivity index (χ1n) is 21.2. The van der Waals surface area contributed by atoms with Gasteiger partial charge >= 0.3 is 0 Å². The maximum Gasteiger partial charge on any atom is 0.271 e. The molecule has 17 heteroatoms. The normalized spacial score (nSPS) is 24.3. The third kappa shape index (κ3) is 8.25. The van der Waals surface area contributed by atoms with Crippen LogP contribution in [0, 0.1) is 23.7 Å². The van der Waals surface area contributed by atoms with E-state index >= 15 is 4.39 Å². The average molecular weight is 852 g/mol. The Balaban J connectivity index is 0.692. The van der Waals surface area contributed by atoms with E-state index in [-0.39, 0.29) is 53.1 Å². The lowest BCUT2D eigenvalue weighted by molar-refractivity contribution is -0.136. The van der Waals surface area contributed by atoms with Crippen molar-refractivity contribution in [2.24, 2.45) is 11.3 Å². The highest BCUT2D eigenvalue weighted by atomic mass is 35.5. The summed E-state index contributed by atoms with van der Waals surface area (Å²) in [5.41, 5.74) is 1.30. The summed E-state index contributed by atoms with van der Waals surface area (Å²) in [4.78, 5) is 83.6. The number of benzene rings is 2. The smallest absolute Gasteiger partial charge is 0.271 e. The minimum Gasteiger partial charge on any atom is -0.490 e. The Kier molecular flexibility index (Phi) is 11.1.